The van der Waals surface area contributed by atoms with Gasteiger partial charge in [0.2, 0.25) is 11.1 Å². The second-order valence-electron chi connectivity index (χ2n) is 7.38. The Morgan fingerprint density at radius 3 is 2.90 bits per heavy atom. The van der Waals surface area contributed by atoms with Crippen LogP contribution in [0, 0.1) is 0 Å². The highest BCUT2D eigenvalue weighted by atomic mass is 32.2. The van der Waals surface area contributed by atoms with Crippen molar-refractivity contribution in [3.8, 4) is 0 Å². The van der Waals surface area contributed by atoms with Gasteiger partial charge in [-0.1, -0.05) is 48.2 Å². The number of amides is 1. The van der Waals surface area contributed by atoms with Crippen LogP contribution in [0.25, 0.3) is 11.0 Å². The fourth-order valence-corrected chi connectivity index (χ4v) is 4.16. The molecule has 1 aliphatic carbocycles. The monoisotopic (exact) mass is 419 g/mol. The van der Waals surface area contributed by atoms with Crippen LogP contribution >= 0.6 is 11.8 Å². The van der Waals surface area contributed by atoms with Gasteiger partial charge in [0.25, 0.3) is 0 Å². The van der Waals surface area contributed by atoms with Crippen molar-refractivity contribution in [2.24, 2.45) is 0 Å². The lowest BCUT2D eigenvalue weighted by atomic mass is 10.1. The summed E-state index contributed by atoms with van der Waals surface area (Å²) in [5.74, 6) is 0.268. The first-order valence-corrected chi connectivity index (χ1v) is 10.9. The van der Waals surface area contributed by atoms with E-state index in [1.165, 1.54) is 17.3 Å². The molecule has 0 radical (unpaired) electrons. The van der Waals surface area contributed by atoms with E-state index < -0.39 is 0 Å². The molecule has 0 bridgehead atoms. The molecule has 1 N–H and O–H groups in total. The van der Waals surface area contributed by atoms with Gasteiger partial charge in [-0.05, 0) is 46.5 Å². The molecule has 0 spiro atoms. The van der Waals surface area contributed by atoms with Crippen molar-refractivity contribution in [2.75, 3.05) is 5.75 Å². The number of benzene rings is 2. The first-order chi connectivity index (χ1) is 14.8. The summed E-state index contributed by atoms with van der Waals surface area (Å²) >= 11 is 1.38. The van der Waals surface area contributed by atoms with Gasteiger partial charge in [-0.3, -0.25) is 4.79 Å². The van der Waals surface area contributed by atoms with E-state index in [9.17, 15) is 4.79 Å². The fraction of sp³-hybridized carbons (Fsp3) is 0.286. The molecular formula is C21H21N7OS. The first-order valence-electron chi connectivity index (χ1n) is 9.91. The Balaban J connectivity index is 1.16. The third kappa shape index (κ3) is 4.20. The maximum Gasteiger partial charge on any atom is 0.230 e. The number of carbonyl (C=O) groups is 1. The lowest BCUT2D eigenvalue weighted by Crippen LogP contribution is -2.24. The first kappa shape index (κ1) is 18.8. The average Bonchev–Trinajstić information content (AvgIpc) is 3.37. The van der Waals surface area contributed by atoms with Gasteiger partial charge in [0.05, 0.1) is 29.2 Å². The average molecular weight is 420 g/mol. The quantitative estimate of drug-likeness (QED) is 0.442. The fourth-order valence-electron chi connectivity index (χ4n) is 3.38. The lowest BCUT2D eigenvalue weighted by Gasteiger charge is -2.09. The molecule has 2 aromatic carbocycles. The number of rotatable bonds is 8. The Hall–Kier alpha value is -3.20. The van der Waals surface area contributed by atoms with Crippen molar-refractivity contribution in [2.45, 2.75) is 37.1 Å². The van der Waals surface area contributed by atoms with Crippen molar-refractivity contribution >= 4 is 28.7 Å². The third-order valence-corrected chi connectivity index (χ3v) is 5.98. The molecule has 8 nitrogen and oxygen atoms in total. The van der Waals surface area contributed by atoms with Gasteiger partial charge in [-0.15, -0.1) is 5.10 Å². The van der Waals surface area contributed by atoms with Crippen LogP contribution in [0.2, 0.25) is 0 Å². The molecule has 1 amide bonds. The summed E-state index contributed by atoms with van der Waals surface area (Å²) in [6.07, 6.45) is 4.08. The summed E-state index contributed by atoms with van der Waals surface area (Å²) < 4.78 is 3.95. The van der Waals surface area contributed by atoms with Gasteiger partial charge in [-0.2, -0.15) is 0 Å². The number of thioether (sulfide) groups is 1. The zero-order chi connectivity index (χ0) is 20.3. The Morgan fingerprint density at radius 1 is 1.13 bits per heavy atom. The van der Waals surface area contributed by atoms with Crippen molar-refractivity contribution in [3.63, 3.8) is 0 Å². The van der Waals surface area contributed by atoms with E-state index in [4.69, 9.17) is 0 Å². The Kier molecular flexibility index (Phi) is 5.18. The van der Waals surface area contributed by atoms with Gasteiger partial charge >= 0.3 is 0 Å². The summed E-state index contributed by atoms with van der Waals surface area (Å²) in [5, 5.41) is 15.4. The third-order valence-electron chi connectivity index (χ3n) is 5.05. The molecule has 9 heteroatoms. The van der Waals surface area contributed by atoms with E-state index in [0.29, 0.717) is 23.5 Å². The van der Waals surface area contributed by atoms with Gasteiger partial charge < -0.3 is 9.88 Å². The second kappa shape index (κ2) is 8.27. The van der Waals surface area contributed by atoms with Crippen LogP contribution < -0.4 is 5.32 Å². The largest absolute Gasteiger partial charge is 0.351 e. The minimum absolute atomic E-state index is 0.0312. The number of imidazole rings is 1. The molecule has 0 aliphatic heterocycles. The number of nitrogens with one attached hydrogen (secondary N) is 1. The molecule has 30 heavy (non-hydrogen) atoms. The number of hydrogen-bond donors (Lipinski definition) is 1. The van der Waals surface area contributed by atoms with Gasteiger partial charge in [-0.25, -0.2) is 9.67 Å². The predicted octanol–water partition coefficient (Wildman–Crippen LogP) is 2.81. The van der Waals surface area contributed by atoms with Gasteiger partial charge in [0.15, 0.2) is 0 Å². The Morgan fingerprint density at radius 2 is 2.00 bits per heavy atom. The SMILES string of the molecule is O=C(CSc1nnnn1C1CC1)NCc1cccc(Cn2cnc3ccccc32)c1. The van der Waals surface area contributed by atoms with E-state index in [1.807, 2.05) is 41.3 Å². The number of nitrogens with zero attached hydrogens (tertiary/aromatic N) is 6. The molecule has 0 saturated heterocycles. The topological polar surface area (TPSA) is 90.5 Å². The second-order valence-corrected chi connectivity index (χ2v) is 8.33. The molecular weight excluding hydrogens is 398 g/mol. The maximum absolute atomic E-state index is 12.3. The standard InChI is InChI=1S/C21H21N7OS/c29-20(13-30-21-24-25-26-28(21)17-8-9-17)22-11-15-4-3-5-16(10-15)12-27-14-23-18-6-1-2-7-19(18)27/h1-7,10,14,17H,8-9,11-13H2,(H,22,29). The lowest BCUT2D eigenvalue weighted by molar-refractivity contribution is -0.118. The molecule has 152 valence electrons. The van der Waals surface area contributed by atoms with Gasteiger partial charge in [0, 0.05) is 13.1 Å². The van der Waals surface area contributed by atoms with E-state index >= 15 is 0 Å². The number of hydrogen-bond acceptors (Lipinski definition) is 6. The van der Waals surface area contributed by atoms with Crippen LogP contribution in [0.5, 0.6) is 0 Å². The zero-order valence-electron chi connectivity index (χ0n) is 16.3. The summed E-state index contributed by atoms with van der Waals surface area (Å²) in [5.41, 5.74) is 4.34. The number of fused-ring (bicyclic) bond motifs is 1. The van der Waals surface area contributed by atoms with Crippen LogP contribution in [0.3, 0.4) is 0 Å². The number of tetrazole rings is 1. The van der Waals surface area contributed by atoms with Crippen LogP contribution in [0.4, 0.5) is 0 Å². The highest BCUT2D eigenvalue weighted by Gasteiger charge is 2.28. The highest BCUT2D eigenvalue weighted by Crippen LogP contribution is 2.36. The van der Waals surface area contributed by atoms with E-state index in [1.54, 1.807) is 0 Å². The Labute approximate surface area is 177 Å². The molecule has 2 heterocycles. The number of aromatic nitrogens is 6. The van der Waals surface area contributed by atoms with Crippen molar-refractivity contribution in [1.29, 1.82) is 0 Å². The van der Waals surface area contributed by atoms with Crippen LogP contribution in [0.1, 0.15) is 30.0 Å². The van der Waals surface area contributed by atoms with E-state index in [2.05, 4.69) is 48.6 Å². The molecule has 0 unspecified atom stereocenters. The molecule has 1 fully saturated rings. The van der Waals surface area contributed by atoms with Crippen molar-refractivity contribution in [3.05, 3.63) is 66.0 Å². The minimum Gasteiger partial charge on any atom is -0.351 e. The molecule has 4 aromatic rings. The van der Waals surface area contributed by atoms with Crippen LogP contribution in [-0.2, 0) is 17.9 Å². The summed E-state index contributed by atoms with van der Waals surface area (Å²) in [7, 11) is 0. The Bertz CT molecular complexity index is 1180. The van der Waals surface area contributed by atoms with Crippen molar-refractivity contribution < 1.29 is 4.79 Å². The molecule has 5 rings (SSSR count). The smallest absolute Gasteiger partial charge is 0.230 e. The minimum atomic E-state index is -0.0312. The van der Waals surface area contributed by atoms with Crippen molar-refractivity contribution in [1.82, 2.24) is 35.1 Å². The van der Waals surface area contributed by atoms with Crippen LogP contribution in [0.15, 0.2) is 60.0 Å². The molecule has 1 aliphatic rings. The van der Waals surface area contributed by atoms with Crippen LogP contribution in [-0.4, -0.2) is 41.4 Å². The summed E-state index contributed by atoms with van der Waals surface area (Å²) in [6, 6.07) is 16.8. The maximum atomic E-state index is 12.3. The number of para-hydroxylation sites is 2. The number of carbonyl (C=O) groups excluding carboxylic acids is 1. The highest BCUT2D eigenvalue weighted by molar-refractivity contribution is 7.99. The summed E-state index contributed by atoms with van der Waals surface area (Å²) in [6.45, 7) is 1.23. The molecule has 1 saturated carbocycles. The summed E-state index contributed by atoms with van der Waals surface area (Å²) in [4.78, 5) is 16.7. The normalized spacial score (nSPS) is 13.6. The molecule has 2 aromatic heterocycles. The van der Waals surface area contributed by atoms with Gasteiger partial charge in [0.1, 0.15) is 0 Å². The zero-order valence-corrected chi connectivity index (χ0v) is 17.1. The van der Waals surface area contributed by atoms with E-state index in [-0.39, 0.29) is 5.91 Å². The predicted molar refractivity (Wildman–Crippen MR) is 114 cm³/mol. The van der Waals surface area contributed by atoms with E-state index in [0.717, 1.165) is 36.0 Å². The molecule has 0 atom stereocenters.